The summed E-state index contributed by atoms with van der Waals surface area (Å²) in [6.07, 6.45) is 1.13. The molecule has 1 N–H and O–H groups in total. The fourth-order valence-electron chi connectivity index (χ4n) is 5.27. The van der Waals surface area contributed by atoms with Gasteiger partial charge in [-0.2, -0.15) is 0 Å². The van der Waals surface area contributed by atoms with Crippen LogP contribution in [0.3, 0.4) is 0 Å². The number of benzene rings is 3. The summed E-state index contributed by atoms with van der Waals surface area (Å²) in [6.45, 7) is 7.77. The summed E-state index contributed by atoms with van der Waals surface area (Å²) in [4.78, 5) is 22.4. The molecule has 0 aliphatic carbocycles. The minimum absolute atomic E-state index is 0.131. The number of pyridine rings is 1. The van der Waals surface area contributed by atoms with Gasteiger partial charge in [0.1, 0.15) is 18.5 Å². The van der Waals surface area contributed by atoms with Crippen molar-refractivity contribution in [1.82, 2.24) is 14.8 Å². The van der Waals surface area contributed by atoms with E-state index in [0.29, 0.717) is 25.6 Å². The Bertz CT molecular complexity index is 1360. The number of aromatic nitrogens is 1. The van der Waals surface area contributed by atoms with E-state index < -0.39 is 6.10 Å². The molecule has 6 heteroatoms. The van der Waals surface area contributed by atoms with Crippen molar-refractivity contribution in [2.45, 2.75) is 31.8 Å². The van der Waals surface area contributed by atoms with Crippen molar-refractivity contribution in [3.8, 4) is 5.75 Å². The van der Waals surface area contributed by atoms with Crippen LogP contribution in [0.25, 0.3) is 10.9 Å². The van der Waals surface area contributed by atoms with E-state index in [9.17, 15) is 9.90 Å². The van der Waals surface area contributed by atoms with Crippen molar-refractivity contribution < 1.29 is 14.6 Å². The topological polar surface area (TPSA) is 65.9 Å². The number of amides is 1. The molecule has 1 fully saturated rings. The van der Waals surface area contributed by atoms with E-state index in [1.807, 2.05) is 65.6 Å². The van der Waals surface area contributed by atoms with Gasteiger partial charge >= 0.3 is 0 Å². The minimum atomic E-state index is -0.629. The molecule has 1 saturated heterocycles. The van der Waals surface area contributed by atoms with Crippen molar-refractivity contribution in [2.24, 2.45) is 0 Å². The Hall–Kier alpha value is -3.74. The lowest BCUT2D eigenvalue weighted by Gasteiger charge is -2.37. The van der Waals surface area contributed by atoms with Crippen LogP contribution in [-0.2, 0) is 4.79 Å². The Labute approximate surface area is 230 Å². The fourth-order valence-corrected chi connectivity index (χ4v) is 5.27. The SMILES string of the molecule is CC(C)c1ccc(C(C(=O)N2CCN(CC(O)COc3cccc4ncccc34)CC2)c2ccccc2)cc1. The van der Waals surface area contributed by atoms with Gasteiger partial charge in [0.05, 0.1) is 11.4 Å². The van der Waals surface area contributed by atoms with Crippen LogP contribution in [0, 0.1) is 0 Å². The van der Waals surface area contributed by atoms with Gasteiger partial charge in [-0.15, -0.1) is 0 Å². The molecule has 2 heterocycles. The number of β-amino-alcohol motifs (C(OH)–C–C–N with tert-alkyl or cyclic N) is 1. The first-order valence-corrected chi connectivity index (χ1v) is 13.8. The summed E-state index contributed by atoms with van der Waals surface area (Å²) in [5, 5.41) is 11.6. The van der Waals surface area contributed by atoms with Gasteiger partial charge in [-0.05, 0) is 46.9 Å². The smallest absolute Gasteiger partial charge is 0.234 e. The van der Waals surface area contributed by atoms with Crippen LogP contribution in [0.1, 0.15) is 42.4 Å². The third-order valence-electron chi connectivity index (χ3n) is 7.51. The van der Waals surface area contributed by atoms with Gasteiger partial charge in [0.2, 0.25) is 5.91 Å². The maximum atomic E-state index is 13.8. The molecule has 1 aromatic heterocycles. The lowest BCUT2D eigenvalue weighted by atomic mass is 9.88. The zero-order valence-electron chi connectivity index (χ0n) is 22.7. The highest BCUT2D eigenvalue weighted by Crippen LogP contribution is 2.29. The molecular weight excluding hydrogens is 486 g/mol. The Morgan fingerprint density at radius 3 is 2.26 bits per heavy atom. The molecule has 0 saturated carbocycles. The number of aliphatic hydroxyl groups is 1. The number of hydrogen-bond acceptors (Lipinski definition) is 5. The number of hydrogen-bond donors (Lipinski definition) is 1. The van der Waals surface area contributed by atoms with Crippen molar-refractivity contribution in [3.05, 3.63) is 108 Å². The van der Waals surface area contributed by atoms with Crippen molar-refractivity contribution in [2.75, 3.05) is 39.3 Å². The Morgan fingerprint density at radius 2 is 1.54 bits per heavy atom. The molecule has 202 valence electrons. The maximum absolute atomic E-state index is 13.8. The number of ether oxygens (including phenoxy) is 1. The summed E-state index contributed by atoms with van der Waals surface area (Å²) in [5.41, 5.74) is 4.17. The highest BCUT2D eigenvalue weighted by atomic mass is 16.5. The number of carbonyl (C=O) groups is 1. The zero-order valence-corrected chi connectivity index (χ0v) is 22.7. The molecule has 0 bridgehead atoms. The number of aliphatic hydroxyl groups excluding tert-OH is 1. The Balaban J connectivity index is 1.18. The van der Waals surface area contributed by atoms with E-state index in [0.717, 1.165) is 40.9 Å². The monoisotopic (exact) mass is 523 g/mol. The first kappa shape index (κ1) is 26.9. The van der Waals surface area contributed by atoms with Crippen molar-refractivity contribution in [3.63, 3.8) is 0 Å². The molecule has 1 amide bonds. The molecule has 4 aromatic rings. The lowest BCUT2D eigenvalue weighted by molar-refractivity contribution is -0.133. The molecule has 0 radical (unpaired) electrons. The summed E-state index contributed by atoms with van der Waals surface area (Å²) in [6, 6.07) is 28.1. The highest BCUT2D eigenvalue weighted by Gasteiger charge is 2.30. The average Bonchev–Trinajstić information content (AvgIpc) is 2.97. The Kier molecular flexibility index (Phi) is 8.54. The van der Waals surface area contributed by atoms with Gasteiger partial charge in [0.15, 0.2) is 0 Å². The number of piperazine rings is 1. The van der Waals surface area contributed by atoms with Crippen LogP contribution < -0.4 is 4.74 Å². The second-order valence-corrected chi connectivity index (χ2v) is 10.6. The normalized spacial score (nSPS) is 15.8. The van der Waals surface area contributed by atoms with Crippen molar-refractivity contribution >= 4 is 16.8 Å². The van der Waals surface area contributed by atoms with Crippen LogP contribution in [0.4, 0.5) is 0 Å². The second kappa shape index (κ2) is 12.4. The molecule has 39 heavy (non-hydrogen) atoms. The maximum Gasteiger partial charge on any atom is 0.234 e. The van der Waals surface area contributed by atoms with Gasteiger partial charge in [0, 0.05) is 44.3 Å². The molecule has 1 aliphatic heterocycles. The Morgan fingerprint density at radius 1 is 0.846 bits per heavy atom. The first-order chi connectivity index (χ1) is 19.0. The van der Waals surface area contributed by atoms with E-state index in [1.54, 1.807) is 6.20 Å². The summed E-state index contributed by atoms with van der Waals surface area (Å²) < 4.78 is 5.95. The molecule has 5 rings (SSSR count). The largest absolute Gasteiger partial charge is 0.490 e. The highest BCUT2D eigenvalue weighted by molar-refractivity contribution is 5.87. The molecular formula is C33H37N3O3. The third kappa shape index (κ3) is 6.47. The van der Waals surface area contributed by atoms with Gasteiger partial charge in [-0.1, -0.05) is 74.5 Å². The summed E-state index contributed by atoms with van der Waals surface area (Å²) >= 11 is 0. The van der Waals surface area contributed by atoms with E-state index in [1.165, 1.54) is 5.56 Å². The van der Waals surface area contributed by atoms with Crippen LogP contribution in [-0.4, -0.2) is 71.2 Å². The van der Waals surface area contributed by atoms with Gasteiger partial charge in [0.25, 0.3) is 0 Å². The average molecular weight is 524 g/mol. The zero-order chi connectivity index (χ0) is 27.2. The standard InChI is InChI=1S/C33H37N3O3/c1-24(2)25-13-15-27(16-14-25)32(26-8-4-3-5-9-26)33(38)36-20-18-35(19-21-36)22-28(37)23-39-31-12-6-11-30-29(31)10-7-17-34-30/h3-17,24,28,32,37H,18-23H2,1-2H3. The van der Waals surface area contributed by atoms with Crippen molar-refractivity contribution in [1.29, 1.82) is 0 Å². The van der Waals surface area contributed by atoms with E-state index in [-0.39, 0.29) is 18.4 Å². The third-order valence-corrected chi connectivity index (χ3v) is 7.51. The predicted molar refractivity (Wildman–Crippen MR) is 155 cm³/mol. The van der Waals surface area contributed by atoms with Crippen LogP contribution in [0.2, 0.25) is 0 Å². The summed E-state index contributed by atoms with van der Waals surface area (Å²) in [7, 11) is 0. The number of rotatable bonds is 9. The quantitative estimate of drug-likeness (QED) is 0.332. The lowest BCUT2D eigenvalue weighted by Crippen LogP contribution is -2.52. The molecule has 1 aliphatic rings. The molecule has 6 nitrogen and oxygen atoms in total. The number of carbonyl (C=O) groups excluding carboxylic acids is 1. The molecule has 2 unspecified atom stereocenters. The molecule has 2 atom stereocenters. The van der Waals surface area contributed by atoms with E-state index in [2.05, 4.69) is 48.0 Å². The van der Waals surface area contributed by atoms with Gasteiger partial charge in [-0.3, -0.25) is 14.7 Å². The van der Waals surface area contributed by atoms with Gasteiger partial charge in [-0.25, -0.2) is 0 Å². The van der Waals surface area contributed by atoms with E-state index in [4.69, 9.17) is 4.74 Å². The number of fused-ring (bicyclic) bond motifs is 1. The molecule has 0 spiro atoms. The number of nitrogens with zero attached hydrogens (tertiary/aromatic N) is 3. The molecule has 3 aromatic carbocycles. The van der Waals surface area contributed by atoms with Crippen LogP contribution >= 0.6 is 0 Å². The van der Waals surface area contributed by atoms with Gasteiger partial charge < -0.3 is 14.7 Å². The minimum Gasteiger partial charge on any atom is -0.490 e. The van der Waals surface area contributed by atoms with Crippen LogP contribution in [0.5, 0.6) is 5.75 Å². The predicted octanol–water partition coefficient (Wildman–Crippen LogP) is 5.07. The second-order valence-electron chi connectivity index (χ2n) is 10.6. The van der Waals surface area contributed by atoms with Crippen LogP contribution in [0.15, 0.2) is 91.1 Å². The fraction of sp³-hybridized carbons (Fsp3) is 0.333. The summed E-state index contributed by atoms with van der Waals surface area (Å²) in [5.74, 6) is 0.978. The van der Waals surface area contributed by atoms with E-state index >= 15 is 0 Å². The first-order valence-electron chi connectivity index (χ1n) is 13.8.